The van der Waals surface area contributed by atoms with E-state index in [1.165, 1.54) is 0 Å². The summed E-state index contributed by atoms with van der Waals surface area (Å²) in [6, 6.07) is 18.1. The van der Waals surface area contributed by atoms with E-state index in [9.17, 15) is 0 Å². The van der Waals surface area contributed by atoms with Crippen LogP contribution in [0.4, 0.5) is 0 Å². The number of hydrogen-bond donors (Lipinski definition) is 2. The number of rotatable bonds is 6. The van der Waals surface area contributed by atoms with Crippen LogP contribution in [0.15, 0.2) is 60.9 Å². The van der Waals surface area contributed by atoms with Crippen molar-refractivity contribution >= 4 is 12.2 Å². The van der Waals surface area contributed by atoms with E-state index < -0.39 is 0 Å². The lowest BCUT2D eigenvalue weighted by molar-refractivity contribution is 0.306. The molecule has 6 heteroatoms. The highest BCUT2D eigenvalue weighted by atomic mass is 32.1. The fourth-order valence-electron chi connectivity index (χ4n) is 2.02. The second-order valence-electron chi connectivity index (χ2n) is 4.79. The van der Waals surface area contributed by atoms with Gasteiger partial charge in [-0.05, 0) is 35.5 Å². The minimum Gasteiger partial charge on any atom is -0.489 e. The van der Waals surface area contributed by atoms with E-state index in [4.69, 9.17) is 17.0 Å². The number of benzene rings is 2. The van der Waals surface area contributed by atoms with Crippen molar-refractivity contribution < 1.29 is 4.74 Å². The molecule has 0 bridgehead atoms. The van der Waals surface area contributed by atoms with Crippen molar-refractivity contribution in [2.45, 2.75) is 13.2 Å². The average Bonchev–Trinajstić information content (AvgIpc) is 2.98. The average molecular weight is 312 g/mol. The standard InChI is InChI=1S/C16H16N4OS/c22-16-19-17-12-20(16)18-10-14-7-4-8-15(9-14)21-11-13-5-2-1-3-6-13/h1-9,12,18H,10-11H2,(H,19,22). The second-order valence-corrected chi connectivity index (χ2v) is 5.17. The van der Waals surface area contributed by atoms with E-state index in [1.54, 1.807) is 11.0 Å². The first kappa shape index (κ1) is 14.3. The molecular weight excluding hydrogens is 296 g/mol. The molecule has 3 rings (SSSR count). The molecule has 0 atom stereocenters. The lowest BCUT2D eigenvalue weighted by Gasteiger charge is -2.09. The molecule has 0 aliphatic heterocycles. The first-order valence-electron chi connectivity index (χ1n) is 6.93. The van der Waals surface area contributed by atoms with Gasteiger partial charge in [-0.25, -0.2) is 4.68 Å². The Kier molecular flexibility index (Phi) is 4.50. The molecule has 0 spiro atoms. The Labute approximate surface area is 133 Å². The maximum absolute atomic E-state index is 5.82. The highest BCUT2D eigenvalue weighted by molar-refractivity contribution is 7.71. The van der Waals surface area contributed by atoms with Crippen LogP contribution in [0.3, 0.4) is 0 Å². The fraction of sp³-hybridized carbons (Fsp3) is 0.125. The first-order chi connectivity index (χ1) is 10.8. The van der Waals surface area contributed by atoms with E-state index in [2.05, 4.69) is 15.6 Å². The molecule has 0 saturated heterocycles. The van der Waals surface area contributed by atoms with E-state index in [-0.39, 0.29) is 0 Å². The predicted octanol–water partition coefficient (Wildman–Crippen LogP) is 3.26. The van der Waals surface area contributed by atoms with Crippen LogP contribution in [0, 0.1) is 4.77 Å². The lowest BCUT2D eigenvalue weighted by Crippen LogP contribution is -2.13. The molecule has 1 heterocycles. The number of hydrogen-bond acceptors (Lipinski definition) is 4. The SMILES string of the molecule is S=c1[nH]ncn1NCc1cccc(OCc2ccccc2)c1. The smallest absolute Gasteiger partial charge is 0.214 e. The van der Waals surface area contributed by atoms with Crippen LogP contribution in [0.5, 0.6) is 5.75 Å². The third-order valence-corrected chi connectivity index (χ3v) is 3.44. The fourth-order valence-corrected chi connectivity index (χ4v) is 2.19. The highest BCUT2D eigenvalue weighted by Gasteiger charge is 1.99. The zero-order valence-corrected chi connectivity index (χ0v) is 12.7. The van der Waals surface area contributed by atoms with E-state index >= 15 is 0 Å². The predicted molar refractivity (Wildman–Crippen MR) is 87.7 cm³/mol. The lowest BCUT2D eigenvalue weighted by atomic mass is 10.2. The van der Waals surface area contributed by atoms with Crippen LogP contribution in [-0.4, -0.2) is 14.9 Å². The number of nitrogens with one attached hydrogen (secondary N) is 2. The van der Waals surface area contributed by atoms with Gasteiger partial charge in [-0.3, -0.25) is 5.10 Å². The molecule has 0 aliphatic rings. The molecule has 0 unspecified atom stereocenters. The Morgan fingerprint density at radius 1 is 1.09 bits per heavy atom. The summed E-state index contributed by atoms with van der Waals surface area (Å²) >= 11 is 5.08. The zero-order chi connectivity index (χ0) is 15.2. The third-order valence-electron chi connectivity index (χ3n) is 3.15. The Morgan fingerprint density at radius 2 is 1.91 bits per heavy atom. The number of ether oxygens (including phenoxy) is 1. The van der Waals surface area contributed by atoms with Crippen LogP contribution >= 0.6 is 12.2 Å². The monoisotopic (exact) mass is 312 g/mol. The van der Waals surface area contributed by atoms with Crippen molar-refractivity contribution in [2.75, 3.05) is 5.43 Å². The molecule has 0 fully saturated rings. The summed E-state index contributed by atoms with van der Waals surface area (Å²) < 4.78 is 8.03. The highest BCUT2D eigenvalue weighted by Crippen LogP contribution is 2.15. The van der Waals surface area contributed by atoms with Crippen LogP contribution in [0.2, 0.25) is 0 Å². The Bertz CT molecular complexity index is 782. The van der Waals surface area contributed by atoms with E-state index in [0.717, 1.165) is 16.9 Å². The summed E-state index contributed by atoms with van der Waals surface area (Å²) in [6.45, 7) is 1.20. The maximum atomic E-state index is 5.82. The van der Waals surface area contributed by atoms with Gasteiger partial charge in [0, 0.05) is 0 Å². The van der Waals surface area contributed by atoms with Gasteiger partial charge in [-0.2, -0.15) is 5.10 Å². The van der Waals surface area contributed by atoms with Crippen molar-refractivity contribution in [2.24, 2.45) is 0 Å². The molecular formula is C16H16N4OS. The van der Waals surface area contributed by atoms with Crippen molar-refractivity contribution in [3.05, 3.63) is 76.8 Å². The molecule has 112 valence electrons. The third kappa shape index (κ3) is 3.73. The first-order valence-corrected chi connectivity index (χ1v) is 7.34. The van der Waals surface area contributed by atoms with Gasteiger partial charge < -0.3 is 10.2 Å². The summed E-state index contributed by atoms with van der Waals surface area (Å²) in [4.78, 5) is 0. The van der Waals surface area contributed by atoms with Crippen molar-refractivity contribution in [1.29, 1.82) is 0 Å². The molecule has 2 N–H and O–H groups in total. The van der Waals surface area contributed by atoms with Gasteiger partial charge in [0.05, 0.1) is 6.54 Å². The molecule has 0 amide bonds. The Morgan fingerprint density at radius 3 is 2.68 bits per heavy atom. The van der Waals surface area contributed by atoms with Gasteiger partial charge in [0.2, 0.25) is 4.77 Å². The van der Waals surface area contributed by atoms with Crippen molar-refractivity contribution in [3.63, 3.8) is 0 Å². The van der Waals surface area contributed by atoms with Crippen molar-refractivity contribution in [1.82, 2.24) is 14.9 Å². The van der Waals surface area contributed by atoms with Crippen molar-refractivity contribution in [3.8, 4) is 5.75 Å². The zero-order valence-electron chi connectivity index (χ0n) is 11.9. The van der Waals surface area contributed by atoms with Gasteiger partial charge in [-0.1, -0.05) is 42.5 Å². The quantitative estimate of drug-likeness (QED) is 0.686. The number of aromatic amines is 1. The molecule has 0 saturated carbocycles. The number of H-pyrrole nitrogens is 1. The molecule has 22 heavy (non-hydrogen) atoms. The van der Waals surface area contributed by atoms with E-state index in [1.807, 2.05) is 54.6 Å². The second kappa shape index (κ2) is 6.91. The van der Waals surface area contributed by atoms with Crippen LogP contribution in [0.1, 0.15) is 11.1 Å². The van der Waals surface area contributed by atoms with Gasteiger partial charge in [0.1, 0.15) is 18.7 Å². The van der Waals surface area contributed by atoms with E-state index in [0.29, 0.717) is 17.9 Å². The Hall–Kier alpha value is -2.60. The molecule has 2 aromatic carbocycles. The summed E-state index contributed by atoms with van der Waals surface area (Å²) in [5, 5.41) is 6.56. The molecule has 1 aromatic heterocycles. The Balaban J connectivity index is 1.60. The number of aromatic nitrogens is 3. The normalized spacial score (nSPS) is 10.4. The number of nitrogens with zero attached hydrogens (tertiary/aromatic N) is 2. The molecule has 0 aliphatic carbocycles. The topological polar surface area (TPSA) is 54.9 Å². The summed E-state index contributed by atoms with van der Waals surface area (Å²) in [6.07, 6.45) is 1.61. The van der Waals surface area contributed by atoms with Crippen LogP contribution in [-0.2, 0) is 13.2 Å². The minimum atomic E-state index is 0.538. The molecule has 3 aromatic rings. The van der Waals surface area contributed by atoms with Gasteiger partial charge >= 0.3 is 0 Å². The largest absolute Gasteiger partial charge is 0.489 e. The maximum Gasteiger partial charge on any atom is 0.214 e. The molecule has 0 radical (unpaired) electrons. The van der Waals surface area contributed by atoms with Gasteiger partial charge in [0.15, 0.2) is 0 Å². The van der Waals surface area contributed by atoms with Crippen LogP contribution in [0.25, 0.3) is 0 Å². The summed E-state index contributed by atoms with van der Waals surface area (Å²) in [5.74, 6) is 0.846. The van der Waals surface area contributed by atoms with Gasteiger partial charge in [0.25, 0.3) is 0 Å². The van der Waals surface area contributed by atoms with Gasteiger partial charge in [-0.15, -0.1) is 0 Å². The molecule has 5 nitrogen and oxygen atoms in total. The summed E-state index contributed by atoms with van der Waals surface area (Å²) in [7, 11) is 0. The summed E-state index contributed by atoms with van der Waals surface area (Å²) in [5.41, 5.74) is 5.43. The van der Waals surface area contributed by atoms with Crippen LogP contribution < -0.4 is 10.2 Å². The minimum absolute atomic E-state index is 0.538.